The summed E-state index contributed by atoms with van der Waals surface area (Å²) in [5.74, 6) is 0.895. The molecule has 1 aliphatic rings. The molecule has 1 N–H and O–H groups in total. The number of amides is 1. The normalized spacial score (nSPS) is 14.6. The van der Waals surface area contributed by atoms with Gasteiger partial charge in [0.05, 0.1) is 11.1 Å². The third-order valence-electron chi connectivity index (χ3n) is 5.32. The fourth-order valence-electron chi connectivity index (χ4n) is 3.47. The highest BCUT2D eigenvalue weighted by Crippen LogP contribution is 2.44. The third kappa shape index (κ3) is 4.52. The minimum absolute atomic E-state index is 0.0244. The van der Waals surface area contributed by atoms with E-state index in [1.807, 2.05) is 18.2 Å². The maximum Gasteiger partial charge on any atom is 0.263 e. The Morgan fingerprint density at radius 2 is 2.17 bits per heavy atom. The number of benzene rings is 1. The van der Waals surface area contributed by atoms with Crippen LogP contribution in [0.15, 0.2) is 58.3 Å². The van der Waals surface area contributed by atoms with Crippen molar-refractivity contribution in [3.05, 3.63) is 69.8 Å². The lowest BCUT2D eigenvalue weighted by Gasteiger charge is -2.14. The Morgan fingerprint density at radius 1 is 1.40 bits per heavy atom. The Balaban J connectivity index is 1.45. The quantitative estimate of drug-likeness (QED) is 0.302. The molecule has 3 aromatic rings. The van der Waals surface area contributed by atoms with Gasteiger partial charge < -0.3 is 5.32 Å². The van der Waals surface area contributed by atoms with E-state index in [1.54, 1.807) is 10.6 Å². The van der Waals surface area contributed by atoms with Gasteiger partial charge in [-0.15, -0.1) is 17.9 Å². The molecule has 5 nitrogen and oxygen atoms in total. The zero-order chi connectivity index (χ0) is 21.1. The molecule has 30 heavy (non-hydrogen) atoms. The summed E-state index contributed by atoms with van der Waals surface area (Å²) in [5, 5.41) is 6.38. The van der Waals surface area contributed by atoms with Gasteiger partial charge in [0.2, 0.25) is 5.91 Å². The van der Waals surface area contributed by atoms with Gasteiger partial charge in [-0.1, -0.05) is 55.1 Å². The lowest BCUT2D eigenvalue weighted by molar-refractivity contribution is -0.118. The predicted octanol–water partition coefficient (Wildman–Crippen LogP) is 4.53. The summed E-state index contributed by atoms with van der Waals surface area (Å²) in [6.07, 6.45) is 3.99. The van der Waals surface area contributed by atoms with Crippen molar-refractivity contribution in [3.8, 4) is 0 Å². The van der Waals surface area contributed by atoms with E-state index in [1.165, 1.54) is 28.7 Å². The summed E-state index contributed by atoms with van der Waals surface area (Å²) in [5.41, 5.74) is 2.31. The van der Waals surface area contributed by atoms with Crippen LogP contribution < -0.4 is 10.9 Å². The zero-order valence-corrected chi connectivity index (χ0v) is 18.6. The molecule has 1 saturated carbocycles. The number of allylic oxidation sites excluding steroid dienone is 1. The number of rotatable bonds is 9. The number of hydrogen-bond acceptors (Lipinski definition) is 5. The molecule has 0 unspecified atom stereocenters. The maximum absolute atomic E-state index is 13.1. The maximum atomic E-state index is 13.1. The van der Waals surface area contributed by atoms with E-state index < -0.39 is 0 Å². The molecule has 0 bridgehead atoms. The Morgan fingerprint density at radius 3 is 2.87 bits per heavy atom. The van der Waals surface area contributed by atoms with Gasteiger partial charge >= 0.3 is 0 Å². The fraction of sp³-hybridized carbons (Fsp3) is 0.348. The van der Waals surface area contributed by atoms with Crippen molar-refractivity contribution < 1.29 is 4.79 Å². The Labute approximate surface area is 184 Å². The van der Waals surface area contributed by atoms with Gasteiger partial charge in [-0.2, -0.15) is 0 Å². The minimum Gasteiger partial charge on any atom is -0.355 e. The number of nitrogens with zero attached hydrogens (tertiary/aromatic N) is 2. The Bertz CT molecular complexity index is 1120. The molecule has 1 aromatic carbocycles. The predicted molar refractivity (Wildman–Crippen MR) is 125 cm³/mol. The molecular formula is C23H25N3O2S2. The summed E-state index contributed by atoms with van der Waals surface area (Å²) >= 11 is 2.82. The van der Waals surface area contributed by atoms with Gasteiger partial charge in [0.15, 0.2) is 5.16 Å². The lowest BCUT2D eigenvalue weighted by Crippen LogP contribution is -2.29. The average molecular weight is 440 g/mol. The second-order valence-corrected chi connectivity index (χ2v) is 9.45. The molecule has 1 aliphatic carbocycles. The smallest absolute Gasteiger partial charge is 0.263 e. The minimum atomic E-state index is -0.0628. The van der Waals surface area contributed by atoms with Crippen molar-refractivity contribution in [1.29, 1.82) is 0 Å². The van der Waals surface area contributed by atoms with Crippen molar-refractivity contribution in [2.75, 3.05) is 12.3 Å². The first-order valence-corrected chi connectivity index (χ1v) is 12.0. The molecule has 156 valence electrons. The number of nitrogens with one attached hydrogen (secondary N) is 1. The lowest BCUT2D eigenvalue weighted by atomic mass is 10.0. The van der Waals surface area contributed by atoms with Gasteiger partial charge in [-0.25, -0.2) is 4.98 Å². The van der Waals surface area contributed by atoms with Crippen LogP contribution in [0.4, 0.5) is 0 Å². The zero-order valence-electron chi connectivity index (χ0n) is 17.0. The highest BCUT2D eigenvalue weighted by atomic mass is 32.2. The summed E-state index contributed by atoms with van der Waals surface area (Å²) < 4.78 is 1.64. The first-order valence-electron chi connectivity index (χ1n) is 10.2. The molecule has 0 radical (unpaired) electrons. The standard InChI is InChI=1S/C23H25N3O2S2/c1-3-11-26-22(28)20-18(17-9-10-17)13-29-21(20)25-23(26)30-14-19(27)24-12-15(2)16-7-5-4-6-8-16/h3-8,13,15,17H,1,9-12,14H2,2H3,(H,24,27)/t15-/m0/s1. The van der Waals surface area contributed by atoms with Crippen molar-refractivity contribution in [2.24, 2.45) is 0 Å². The first kappa shape index (κ1) is 20.9. The number of aromatic nitrogens is 2. The van der Waals surface area contributed by atoms with Crippen LogP contribution in [-0.2, 0) is 11.3 Å². The summed E-state index contributed by atoms with van der Waals surface area (Å²) in [6, 6.07) is 10.1. The van der Waals surface area contributed by atoms with Gasteiger partial charge in [0.25, 0.3) is 5.56 Å². The molecule has 1 fully saturated rings. The number of carbonyl (C=O) groups excluding carboxylic acids is 1. The largest absolute Gasteiger partial charge is 0.355 e. The van der Waals surface area contributed by atoms with Gasteiger partial charge in [-0.3, -0.25) is 14.2 Å². The number of thioether (sulfide) groups is 1. The van der Waals surface area contributed by atoms with Gasteiger partial charge in [-0.05, 0) is 41.2 Å². The average Bonchev–Trinajstić information content (AvgIpc) is 3.52. The Hall–Kier alpha value is -2.38. The summed E-state index contributed by atoms with van der Waals surface area (Å²) in [7, 11) is 0. The van der Waals surface area contributed by atoms with E-state index in [0.29, 0.717) is 24.2 Å². The second kappa shape index (κ2) is 9.18. The highest BCUT2D eigenvalue weighted by Gasteiger charge is 2.28. The molecule has 7 heteroatoms. The second-order valence-electron chi connectivity index (χ2n) is 7.65. The summed E-state index contributed by atoms with van der Waals surface area (Å²) in [6.45, 7) is 6.83. The van der Waals surface area contributed by atoms with Crippen LogP contribution in [-0.4, -0.2) is 27.8 Å². The Kier molecular flexibility index (Phi) is 6.39. The van der Waals surface area contributed by atoms with Crippen LogP contribution in [0, 0.1) is 0 Å². The molecule has 4 rings (SSSR count). The molecule has 0 aliphatic heterocycles. The molecule has 2 heterocycles. The fourth-order valence-corrected chi connectivity index (χ4v) is 5.37. The molecule has 1 amide bonds. The van der Waals surface area contributed by atoms with E-state index in [0.717, 1.165) is 28.6 Å². The molecular weight excluding hydrogens is 414 g/mol. The van der Waals surface area contributed by atoms with Crippen molar-refractivity contribution in [3.63, 3.8) is 0 Å². The van der Waals surface area contributed by atoms with Crippen LogP contribution >= 0.6 is 23.1 Å². The van der Waals surface area contributed by atoms with Crippen molar-refractivity contribution in [1.82, 2.24) is 14.9 Å². The van der Waals surface area contributed by atoms with Crippen LogP contribution in [0.25, 0.3) is 10.2 Å². The van der Waals surface area contributed by atoms with Crippen LogP contribution in [0.3, 0.4) is 0 Å². The number of hydrogen-bond donors (Lipinski definition) is 1. The monoisotopic (exact) mass is 439 g/mol. The van der Waals surface area contributed by atoms with E-state index in [2.05, 4.69) is 36.3 Å². The van der Waals surface area contributed by atoms with Gasteiger partial charge in [0, 0.05) is 13.1 Å². The number of carbonyl (C=O) groups is 1. The molecule has 0 saturated heterocycles. The number of thiophene rings is 1. The number of fused-ring (bicyclic) bond motifs is 1. The molecule has 1 atom stereocenters. The van der Waals surface area contributed by atoms with Crippen LogP contribution in [0.1, 0.15) is 42.7 Å². The van der Waals surface area contributed by atoms with E-state index in [9.17, 15) is 9.59 Å². The van der Waals surface area contributed by atoms with E-state index in [4.69, 9.17) is 4.98 Å². The van der Waals surface area contributed by atoms with Crippen LogP contribution in [0.2, 0.25) is 0 Å². The van der Waals surface area contributed by atoms with Crippen molar-refractivity contribution in [2.45, 2.75) is 43.3 Å². The van der Waals surface area contributed by atoms with Crippen LogP contribution in [0.5, 0.6) is 0 Å². The van der Waals surface area contributed by atoms with E-state index in [-0.39, 0.29) is 23.1 Å². The first-order chi connectivity index (χ1) is 14.6. The van der Waals surface area contributed by atoms with Gasteiger partial charge in [0.1, 0.15) is 4.83 Å². The third-order valence-corrected chi connectivity index (χ3v) is 7.19. The SMILES string of the molecule is C=CCn1c(SCC(=O)NC[C@H](C)c2ccccc2)nc2scc(C3CC3)c2c1=O. The molecule has 2 aromatic heterocycles. The summed E-state index contributed by atoms with van der Waals surface area (Å²) in [4.78, 5) is 31.0. The topological polar surface area (TPSA) is 64.0 Å². The molecule has 0 spiro atoms. The van der Waals surface area contributed by atoms with E-state index >= 15 is 0 Å². The van der Waals surface area contributed by atoms with Crippen molar-refractivity contribution >= 4 is 39.2 Å². The highest BCUT2D eigenvalue weighted by molar-refractivity contribution is 7.99.